The molecule has 9 heteroatoms. The van der Waals surface area contributed by atoms with Crippen LogP contribution < -0.4 is 5.32 Å². The zero-order valence-electron chi connectivity index (χ0n) is 14.6. The molecule has 0 radical (unpaired) electrons. The molecule has 1 aliphatic rings. The van der Waals surface area contributed by atoms with Crippen molar-refractivity contribution < 1.29 is 29.3 Å². The molecule has 2 atom stereocenters. The number of carboxylic acid groups (broad SMARTS) is 2. The van der Waals surface area contributed by atoms with Gasteiger partial charge in [-0.1, -0.05) is 17.7 Å². The van der Waals surface area contributed by atoms with E-state index in [2.05, 4.69) is 24.1 Å². The predicted molar refractivity (Wildman–Crippen MR) is 96.4 cm³/mol. The van der Waals surface area contributed by atoms with Crippen molar-refractivity contribution in [1.29, 1.82) is 0 Å². The van der Waals surface area contributed by atoms with E-state index in [1.165, 1.54) is 0 Å². The van der Waals surface area contributed by atoms with Crippen LogP contribution in [0.5, 0.6) is 0 Å². The van der Waals surface area contributed by atoms with Gasteiger partial charge < -0.3 is 20.3 Å². The molecule has 0 spiro atoms. The standard InChI is InChI=1S/C15H21ClN2O2.C2H2O4/c1-11-9-18(10-12(2)20-11)7-6-15(19)17-14-5-3-4-13(16)8-14;3-1(4)2(5)6/h3-5,8,11-12H,6-7,9-10H2,1-2H3,(H,17,19);(H,3,4)(H,5,6). The molecular formula is C17H23ClN2O6. The Balaban J connectivity index is 0.000000487. The van der Waals surface area contributed by atoms with E-state index in [-0.39, 0.29) is 18.1 Å². The summed E-state index contributed by atoms with van der Waals surface area (Å²) in [7, 11) is 0. The topological polar surface area (TPSA) is 116 Å². The number of ether oxygens (including phenoxy) is 1. The van der Waals surface area contributed by atoms with Gasteiger partial charge in [0.25, 0.3) is 0 Å². The second-order valence-corrected chi connectivity index (χ2v) is 6.37. The summed E-state index contributed by atoms with van der Waals surface area (Å²) in [5.41, 5.74) is 0.742. The van der Waals surface area contributed by atoms with E-state index in [1.807, 2.05) is 12.1 Å². The highest BCUT2D eigenvalue weighted by Crippen LogP contribution is 2.15. The molecular weight excluding hydrogens is 364 g/mol. The maximum absolute atomic E-state index is 11.9. The Bertz CT molecular complexity index is 617. The molecule has 1 fully saturated rings. The van der Waals surface area contributed by atoms with Gasteiger partial charge in [-0.3, -0.25) is 9.69 Å². The van der Waals surface area contributed by atoms with Crippen LogP contribution in [-0.2, 0) is 19.1 Å². The second kappa shape index (κ2) is 10.7. The molecule has 1 aliphatic heterocycles. The fraction of sp³-hybridized carbons (Fsp3) is 0.471. The summed E-state index contributed by atoms with van der Waals surface area (Å²) in [5, 5.41) is 18.3. The lowest BCUT2D eigenvalue weighted by molar-refractivity contribution is -0.159. The van der Waals surface area contributed by atoms with E-state index >= 15 is 0 Å². The Kier molecular flexibility index (Phi) is 9.04. The Morgan fingerprint density at radius 2 is 1.77 bits per heavy atom. The Morgan fingerprint density at radius 1 is 1.19 bits per heavy atom. The molecule has 0 saturated carbocycles. The molecule has 2 unspecified atom stereocenters. The van der Waals surface area contributed by atoms with Gasteiger partial charge in [-0.25, -0.2) is 9.59 Å². The molecule has 2 rings (SSSR count). The summed E-state index contributed by atoms with van der Waals surface area (Å²) in [5.74, 6) is -3.64. The number of carbonyl (C=O) groups is 3. The van der Waals surface area contributed by atoms with E-state index in [4.69, 9.17) is 36.1 Å². The molecule has 8 nitrogen and oxygen atoms in total. The molecule has 144 valence electrons. The number of benzene rings is 1. The number of anilines is 1. The smallest absolute Gasteiger partial charge is 0.414 e. The summed E-state index contributed by atoms with van der Waals surface area (Å²) in [4.78, 5) is 32.4. The Morgan fingerprint density at radius 3 is 2.27 bits per heavy atom. The first-order valence-electron chi connectivity index (χ1n) is 8.06. The largest absolute Gasteiger partial charge is 0.473 e. The summed E-state index contributed by atoms with van der Waals surface area (Å²) in [6.45, 7) is 6.65. The molecule has 0 aliphatic carbocycles. The van der Waals surface area contributed by atoms with Crippen molar-refractivity contribution in [1.82, 2.24) is 4.90 Å². The first-order valence-corrected chi connectivity index (χ1v) is 8.44. The van der Waals surface area contributed by atoms with Crippen LogP contribution in [0.2, 0.25) is 5.02 Å². The van der Waals surface area contributed by atoms with Crippen molar-refractivity contribution in [3.05, 3.63) is 29.3 Å². The molecule has 1 saturated heterocycles. The monoisotopic (exact) mass is 386 g/mol. The van der Waals surface area contributed by atoms with Crippen LogP contribution in [0.3, 0.4) is 0 Å². The fourth-order valence-electron chi connectivity index (χ4n) is 2.52. The minimum atomic E-state index is -1.82. The number of carboxylic acids is 2. The normalized spacial score (nSPS) is 19.8. The number of carbonyl (C=O) groups excluding carboxylic acids is 1. The highest BCUT2D eigenvalue weighted by molar-refractivity contribution is 6.30. The third-order valence-corrected chi connectivity index (χ3v) is 3.68. The van der Waals surface area contributed by atoms with Crippen molar-refractivity contribution in [3.8, 4) is 0 Å². The van der Waals surface area contributed by atoms with Crippen LogP contribution in [-0.4, -0.2) is 64.8 Å². The molecule has 1 heterocycles. The first-order chi connectivity index (χ1) is 12.2. The quantitative estimate of drug-likeness (QED) is 0.677. The van der Waals surface area contributed by atoms with Crippen LogP contribution >= 0.6 is 11.6 Å². The molecule has 26 heavy (non-hydrogen) atoms. The van der Waals surface area contributed by atoms with E-state index in [0.717, 1.165) is 25.3 Å². The number of hydrogen-bond acceptors (Lipinski definition) is 5. The van der Waals surface area contributed by atoms with Gasteiger partial charge in [-0.2, -0.15) is 0 Å². The zero-order valence-corrected chi connectivity index (χ0v) is 15.4. The van der Waals surface area contributed by atoms with Crippen LogP contribution in [0.15, 0.2) is 24.3 Å². The Hall–Kier alpha value is -2.16. The minimum Gasteiger partial charge on any atom is -0.473 e. The van der Waals surface area contributed by atoms with Crippen molar-refractivity contribution in [3.63, 3.8) is 0 Å². The molecule has 1 amide bonds. The highest BCUT2D eigenvalue weighted by Gasteiger charge is 2.22. The van der Waals surface area contributed by atoms with Gasteiger partial charge in [0.05, 0.1) is 12.2 Å². The highest BCUT2D eigenvalue weighted by atomic mass is 35.5. The average molecular weight is 387 g/mol. The van der Waals surface area contributed by atoms with Crippen LogP contribution in [0.1, 0.15) is 20.3 Å². The fourth-order valence-corrected chi connectivity index (χ4v) is 2.71. The minimum absolute atomic E-state index is 0.0130. The van der Waals surface area contributed by atoms with Crippen LogP contribution in [0, 0.1) is 0 Å². The van der Waals surface area contributed by atoms with E-state index < -0.39 is 11.9 Å². The summed E-state index contributed by atoms with van der Waals surface area (Å²) in [6, 6.07) is 7.19. The summed E-state index contributed by atoms with van der Waals surface area (Å²) >= 11 is 5.89. The SMILES string of the molecule is CC1CN(CCC(=O)Nc2cccc(Cl)c2)CC(C)O1.O=C(O)C(=O)O. The third-order valence-electron chi connectivity index (χ3n) is 3.44. The first kappa shape index (κ1) is 21.9. The number of hydrogen-bond donors (Lipinski definition) is 3. The lowest BCUT2D eigenvalue weighted by atomic mass is 10.2. The van der Waals surface area contributed by atoms with Gasteiger partial charge in [0.1, 0.15) is 0 Å². The van der Waals surface area contributed by atoms with E-state index in [1.54, 1.807) is 12.1 Å². The number of morpholine rings is 1. The number of halogens is 1. The van der Waals surface area contributed by atoms with Gasteiger partial charge in [0, 0.05) is 36.8 Å². The van der Waals surface area contributed by atoms with Gasteiger partial charge in [-0.15, -0.1) is 0 Å². The number of aliphatic carboxylic acids is 2. The second-order valence-electron chi connectivity index (χ2n) is 5.94. The van der Waals surface area contributed by atoms with Gasteiger partial charge in [-0.05, 0) is 32.0 Å². The van der Waals surface area contributed by atoms with Gasteiger partial charge >= 0.3 is 11.9 Å². The van der Waals surface area contributed by atoms with Gasteiger partial charge in [0.15, 0.2) is 0 Å². The molecule has 0 aromatic heterocycles. The molecule has 0 bridgehead atoms. The lowest BCUT2D eigenvalue weighted by Crippen LogP contribution is -2.46. The molecule has 1 aromatic carbocycles. The predicted octanol–water partition coefficient (Wildman–Crippen LogP) is 1.93. The number of nitrogens with one attached hydrogen (secondary N) is 1. The lowest BCUT2D eigenvalue weighted by Gasteiger charge is -2.35. The van der Waals surface area contributed by atoms with E-state index in [9.17, 15) is 4.79 Å². The Labute approximate surface area is 156 Å². The van der Waals surface area contributed by atoms with Crippen molar-refractivity contribution in [2.24, 2.45) is 0 Å². The molecule has 3 N–H and O–H groups in total. The number of rotatable bonds is 4. The van der Waals surface area contributed by atoms with E-state index in [0.29, 0.717) is 11.4 Å². The van der Waals surface area contributed by atoms with Crippen LogP contribution in [0.4, 0.5) is 5.69 Å². The maximum atomic E-state index is 11.9. The maximum Gasteiger partial charge on any atom is 0.414 e. The van der Waals surface area contributed by atoms with Crippen molar-refractivity contribution in [2.75, 3.05) is 25.0 Å². The number of nitrogens with zero attached hydrogens (tertiary/aromatic N) is 1. The average Bonchev–Trinajstić information content (AvgIpc) is 2.52. The number of amides is 1. The van der Waals surface area contributed by atoms with Crippen LogP contribution in [0.25, 0.3) is 0 Å². The van der Waals surface area contributed by atoms with Crippen molar-refractivity contribution in [2.45, 2.75) is 32.5 Å². The zero-order chi connectivity index (χ0) is 19.7. The van der Waals surface area contributed by atoms with Gasteiger partial charge in [0.2, 0.25) is 5.91 Å². The summed E-state index contributed by atoms with van der Waals surface area (Å²) < 4.78 is 5.68. The molecule has 1 aromatic rings. The van der Waals surface area contributed by atoms with Crippen molar-refractivity contribution >= 4 is 35.1 Å². The summed E-state index contributed by atoms with van der Waals surface area (Å²) in [6.07, 6.45) is 0.941. The third kappa shape index (κ3) is 8.80.